The standard InChI is InChI=1S/C20H23N3O4S/c1-13(2)14-4-6-15(7-5-14)21-17(24)12-23-16-8-11-28-18(16)19(25)22(20(23)26)9-10-27-3/h4-8,11,13H,9-10,12H2,1-3H3,(H,21,24). The maximum atomic E-state index is 12.8. The summed E-state index contributed by atoms with van der Waals surface area (Å²) in [6, 6.07) is 9.31. The van der Waals surface area contributed by atoms with Gasteiger partial charge in [0.15, 0.2) is 0 Å². The van der Waals surface area contributed by atoms with Gasteiger partial charge in [-0.15, -0.1) is 11.3 Å². The van der Waals surface area contributed by atoms with Crippen molar-refractivity contribution in [3.63, 3.8) is 0 Å². The monoisotopic (exact) mass is 401 g/mol. The van der Waals surface area contributed by atoms with E-state index in [4.69, 9.17) is 4.74 Å². The van der Waals surface area contributed by atoms with Gasteiger partial charge >= 0.3 is 5.69 Å². The highest BCUT2D eigenvalue weighted by Crippen LogP contribution is 2.18. The number of nitrogens with zero attached hydrogens (tertiary/aromatic N) is 2. The van der Waals surface area contributed by atoms with Crippen molar-refractivity contribution in [1.82, 2.24) is 9.13 Å². The zero-order valence-electron chi connectivity index (χ0n) is 16.1. The molecule has 2 aromatic heterocycles. The smallest absolute Gasteiger partial charge is 0.332 e. The molecule has 0 aliphatic carbocycles. The van der Waals surface area contributed by atoms with Crippen molar-refractivity contribution in [3.8, 4) is 0 Å². The van der Waals surface area contributed by atoms with Gasteiger partial charge in [0.2, 0.25) is 5.91 Å². The number of anilines is 1. The van der Waals surface area contributed by atoms with E-state index in [2.05, 4.69) is 19.2 Å². The highest BCUT2D eigenvalue weighted by molar-refractivity contribution is 7.17. The molecule has 1 amide bonds. The average Bonchev–Trinajstić information content (AvgIpc) is 3.15. The van der Waals surface area contributed by atoms with Crippen LogP contribution in [0.3, 0.4) is 0 Å². The maximum absolute atomic E-state index is 12.8. The van der Waals surface area contributed by atoms with Gasteiger partial charge in [-0.1, -0.05) is 26.0 Å². The fourth-order valence-corrected chi connectivity index (χ4v) is 3.80. The summed E-state index contributed by atoms with van der Waals surface area (Å²) in [5, 5.41) is 4.55. The molecule has 3 rings (SSSR count). The Bertz CT molecular complexity index is 1090. The molecule has 0 atom stereocenters. The van der Waals surface area contributed by atoms with Gasteiger partial charge < -0.3 is 10.1 Å². The first-order chi connectivity index (χ1) is 13.4. The summed E-state index contributed by atoms with van der Waals surface area (Å²) in [4.78, 5) is 37.9. The van der Waals surface area contributed by atoms with Gasteiger partial charge in [-0.25, -0.2) is 4.79 Å². The zero-order chi connectivity index (χ0) is 20.3. The van der Waals surface area contributed by atoms with Crippen LogP contribution in [0.1, 0.15) is 25.3 Å². The van der Waals surface area contributed by atoms with E-state index in [1.165, 1.54) is 28.6 Å². The Labute approximate surface area is 166 Å². The molecule has 0 spiro atoms. The Morgan fingerprint density at radius 2 is 1.86 bits per heavy atom. The van der Waals surface area contributed by atoms with Gasteiger partial charge in [0.25, 0.3) is 5.56 Å². The molecule has 1 aromatic carbocycles. The van der Waals surface area contributed by atoms with Crippen LogP contribution in [0.25, 0.3) is 10.2 Å². The Morgan fingerprint density at radius 1 is 1.14 bits per heavy atom. The minimum absolute atomic E-state index is 0.139. The summed E-state index contributed by atoms with van der Waals surface area (Å²) in [5.74, 6) is 0.0761. The summed E-state index contributed by atoms with van der Waals surface area (Å²) in [6.07, 6.45) is 0. The second-order valence-electron chi connectivity index (χ2n) is 6.78. The molecule has 28 heavy (non-hydrogen) atoms. The van der Waals surface area contributed by atoms with E-state index in [1.54, 1.807) is 11.4 Å². The topological polar surface area (TPSA) is 82.3 Å². The number of hydrogen-bond donors (Lipinski definition) is 1. The van der Waals surface area contributed by atoms with E-state index in [-0.39, 0.29) is 31.2 Å². The molecule has 0 aliphatic rings. The van der Waals surface area contributed by atoms with Crippen molar-refractivity contribution in [2.24, 2.45) is 0 Å². The van der Waals surface area contributed by atoms with Crippen molar-refractivity contribution < 1.29 is 9.53 Å². The molecule has 2 heterocycles. The van der Waals surface area contributed by atoms with Crippen molar-refractivity contribution in [2.45, 2.75) is 32.9 Å². The lowest BCUT2D eigenvalue weighted by Gasteiger charge is -2.12. The molecule has 3 aromatic rings. The number of hydrogen-bond acceptors (Lipinski definition) is 5. The van der Waals surface area contributed by atoms with Crippen molar-refractivity contribution in [1.29, 1.82) is 0 Å². The van der Waals surface area contributed by atoms with Crippen LogP contribution >= 0.6 is 11.3 Å². The number of nitrogens with one attached hydrogen (secondary N) is 1. The van der Waals surface area contributed by atoms with Crippen molar-refractivity contribution >= 4 is 33.1 Å². The SMILES string of the molecule is COCCn1c(=O)c2sccc2n(CC(=O)Nc2ccc(C(C)C)cc2)c1=O. The lowest BCUT2D eigenvalue weighted by Crippen LogP contribution is -2.42. The predicted molar refractivity (Wildman–Crippen MR) is 111 cm³/mol. The highest BCUT2D eigenvalue weighted by atomic mass is 32.1. The molecular weight excluding hydrogens is 378 g/mol. The lowest BCUT2D eigenvalue weighted by molar-refractivity contribution is -0.116. The minimum atomic E-state index is -0.516. The first-order valence-corrected chi connectivity index (χ1v) is 9.90. The fourth-order valence-electron chi connectivity index (χ4n) is 2.96. The van der Waals surface area contributed by atoms with Gasteiger partial charge in [-0.3, -0.25) is 18.7 Å². The second kappa shape index (κ2) is 8.53. The molecule has 0 fully saturated rings. The highest BCUT2D eigenvalue weighted by Gasteiger charge is 2.16. The van der Waals surface area contributed by atoms with Gasteiger partial charge in [0.05, 0.1) is 18.7 Å². The number of rotatable bonds is 7. The van der Waals surface area contributed by atoms with Gasteiger partial charge in [0.1, 0.15) is 11.2 Å². The molecule has 0 aliphatic heterocycles. The van der Waals surface area contributed by atoms with E-state index in [0.29, 0.717) is 21.8 Å². The molecule has 0 saturated heterocycles. The van der Waals surface area contributed by atoms with Crippen LogP contribution in [0.2, 0.25) is 0 Å². The van der Waals surface area contributed by atoms with Crippen LogP contribution in [-0.4, -0.2) is 28.8 Å². The Hall–Kier alpha value is -2.71. The van der Waals surface area contributed by atoms with Gasteiger partial charge in [-0.2, -0.15) is 0 Å². The molecule has 7 nitrogen and oxygen atoms in total. The number of ether oxygens (including phenoxy) is 1. The Kier molecular flexibility index (Phi) is 6.11. The minimum Gasteiger partial charge on any atom is -0.383 e. The number of aromatic nitrogens is 2. The summed E-state index contributed by atoms with van der Waals surface area (Å²) in [7, 11) is 1.51. The zero-order valence-corrected chi connectivity index (χ0v) is 16.9. The largest absolute Gasteiger partial charge is 0.383 e. The third-order valence-electron chi connectivity index (χ3n) is 4.52. The third-order valence-corrected chi connectivity index (χ3v) is 5.41. The first-order valence-electron chi connectivity index (χ1n) is 9.02. The average molecular weight is 401 g/mol. The number of carbonyl (C=O) groups is 1. The van der Waals surface area contributed by atoms with E-state index < -0.39 is 5.69 Å². The molecular formula is C20H23N3O4S. The number of benzene rings is 1. The number of amides is 1. The Balaban J connectivity index is 1.88. The van der Waals surface area contributed by atoms with Crippen molar-refractivity contribution in [3.05, 3.63) is 62.1 Å². The molecule has 1 N–H and O–H groups in total. The predicted octanol–water partition coefficient (Wildman–Crippen LogP) is 2.63. The van der Waals surface area contributed by atoms with Crippen LogP contribution in [0, 0.1) is 0 Å². The molecule has 8 heteroatoms. The van der Waals surface area contributed by atoms with Gasteiger partial charge in [-0.05, 0) is 35.1 Å². The Morgan fingerprint density at radius 3 is 2.50 bits per heavy atom. The number of methoxy groups -OCH3 is 1. The number of thiophene rings is 1. The summed E-state index contributed by atoms with van der Waals surface area (Å²) in [5.41, 5.74) is 1.45. The van der Waals surface area contributed by atoms with Crippen LogP contribution in [0.15, 0.2) is 45.3 Å². The first kappa shape index (κ1) is 20.0. The van der Waals surface area contributed by atoms with E-state index in [1.807, 2.05) is 24.3 Å². The second-order valence-corrected chi connectivity index (χ2v) is 7.69. The molecule has 0 radical (unpaired) electrons. The van der Waals surface area contributed by atoms with E-state index >= 15 is 0 Å². The quantitative estimate of drug-likeness (QED) is 0.660. The maximum Gasteiger partial charge on any atom is 0.332 e. The number of fused-ring (bicyclic) bond motifs is 1. The van der Waals surface area contributed by atoms with Crippen LogP contribution in [0.4, 0.5) is 5.69 Å². The molecule has 0 unspecified atom stereocenters. The molecule has 0 bridgehead atoms. The lowest BCUT2D eigenvalue weighted by atomic mass is 10.0. The molecule has 148 valence electrons. The van der Waals surface area contributed by atoms with Crippen LogP contribution in [0.5, 0.6) is 0 Å². The fraction of sp³-hybridized carbons (Fsp3) is 0.350. The van der Waals surface area contributed by atoms with Crippen molar-refractivity contribution in [2.75, 3.05) is 19.0 Å². The van der Waals surface area contributed by atoms with Crippen LogP contribution in [-0.2, 0) is 22.6 Å². The normalized spacial score (nSPS) is 11.3. The summed E-state index contributed by atoms with van der Waals surface area (Å²) >= 11 is 1.25. The van der Waals surface area contributed by atoms with Crippen LogP contribution < -0.4 is 16.6 Å². The number of carbonyl (C=O) groups excluding carboxylic acids is 1. The summed E-state index contributed by atoms with van der Waals surface area (Å²) in [6.45, 7) is 4.40. The van der Waals surface area contributed by atoms with E-state index in [0.717, 1.165) is 4.57 Å². The van der Waals surface area contributed by atoms with E-state index in [9.17, 15) is 14.4 Å². The third kappa shape index (κ3) is 4.07. The summed E-state index contributed by atoms with van der Waals surface area (Å²) < 4.78 is 7.89. The van der Waals surface area contributed by atoms with Gasteiger partial charge in [0, 0.05) is 12.8 Å². The molecule has 0 saturated carbocycles.